The Balaban J connectivity index is 0.000000186. The van der Waals surface area contributed by atoms with Crippen molar-refractivity contribution in [1.29, 1.82) is 0 Å². The second kappa shape index (κ2) is 18.0. The second-order valence-electron chi connectivity index (χ2n) is 14.2. The van der Waals surface area contributed by atoms with Gasteiger partial charge in [-0.3, -0.25) is 19.1 Å². The number of benzene rings is 1. The number of unbranched alkanes of at least 4 members (excludes halogenated alkanes) is 2. The van der Waals surface area contributed by atoms with Crippen molar-refractivity contribution < 1.29 is 27.5 Å². The van der Waals surface area contributed by atoms with E-state index in [0.717, 1.165) is 66.2 Å². The first kappa shape index (κ1) is 40.5. The molecule has 1 unspecified atom stereocenters. The topological polar surface area (TPSA) is 180 Å². The lowest BCUT2D eigenvalue weighted by molar-refractivity contribution is -0.124. The Kier molecular flexibility index (Phi) is 14.0. The minimum absolute atomic E-state index is 0.0114. The average molecular weight is 757 g/mol. The van der Waals surface area contributed by atoms with Crippen LogP contribution >= 0.6 is 11.3 Å². The molecule has 3 aliphatic rings. The molecule has 1 saturated heterocycles. The number of urea groups is 1. The van der Waals surface area contributed by atoms with E-state index in [2.05, 4.69) is 48.0 Å². The predicted octanol–water partition coefficient (Wildman–Crippen LogP) is 5.44. The van der Waals surface area contributed by atoms with E-state index in [-0.39, 0.29) is 29.8 Å². The Labute approximate surface area is 310 Å². The zero-order chi connectivity index (χ0) is 38.1. The molecule has 52 heavy (non-hydrogen) atoms. The molecule has 1 aliphatic heterocycles. The molecule has 15 heteroatoms. The van der Waals surface area contributed by atoms with Gasteiger partial charge < -0.3 is 25.3 Å². The SMILES string of the molecule is C=CCCCCNC(=O)N1CC(C)C[C@H]1C(=O)NC1CC1.CC1(S(=O)(=O)NC=O)CC1.COc1ccc2c(=O)cc(-c3nc(C(C)C)cs3)[nH]c2c1. The first-order chi connectivity index (χ1) is 24.7. The monoisotopic (exact) mass is 756 g/mol. The molecule has 13 nitrogen and oxygen atoms in total. The van der Waals surface area contributed by atoms with Crippen LogP contribution in [0.15, 0.2) is 47.1 Å². The molecule has 0 spiro atoms. The van der Waals surface area contributed by atoms with Gasteiger partial charge in [0.2, 0.25) is 22.3 Å². The molecule has 0 bridgehead atoms. The lowest BCUT2D eigenvalue weighted by Gasteiger charge is -2.24. The maximum Gasteiger partial charge on any atom is 0.318 e. The molecule has 1 aromatic carbocycles. The minimum atomic E-state index is -3.35. The van der Waals surface area contributed by atoms with Crippen LogP contribution in [0.1, 0.15) is 90.7 Å². The van der Waals surface area contributed by atoms with Crippen LogP contribution < -0.4 is 25.5 Å². The molecule has 2 atom stereocenters. The smallest absolute Gasteiger partial charge is 0.318 e. The number of ether oxygens (including phenoxy) is 1. The van der Waals surface area contributed by atoms with Crippen molar-refractivity contribution in [3.63, 3.8) is 0 Å². The largest absolute Gasteiger partial charge is 0.497 e. The number of nitrogens with one attached hydrogen (secondary N) is 4. The maximum absolute atomic E-state index is 12.3. The van der Waals surface area contributed by atoms with E-state index in [1.54, 1.807) is 48.5 Å². The first-order valence-corrected chi connectivity index (χ1v) is 20.2. The van der Waals surface area contributed by atoms with Gasteiger partial charge in [0.05, 0.1) is 28.8 Å². The molecule has 3 fully saturated rings. The standard InChI is InChI=1S/C16H27N3O2.C16H16N2O2S.C5H9NO3S/c1-3-4-5-6-9-17-16(21)19-11-12(2)10-14(19)15(20)18-13-7-8-13;1-9(2)14-8-21-16(18-14)13-7-15(19)11-5-4-10(20-3)6-12(11)17-13;1-5(2-3-5)10(8,9)6-4-7/h3,12-14H,1,4-11H2,2H3,(H,17,21)(H,18,20);4-9H,1-3H3,(H,17,19);4H,2-3H2,1H3,(H,6,7)/t12?,14-;;/m0../s1. The summed E-state index contributed by atoms with van der Waals surface area (Å²) in [6.07, 6.45) is 9.26. The second-order valence-corrected chi connectivity index (χ2v) is 17.3. The molecule has 6 rings (SSSR count). The Morgan fingerprint density at radius 1 is 1.21 bits per heavy atom. The lowest BCUT2D eigenvalue weighted by Crippen LogP contribution is -2.50. The molecule has 2 saturated carbocycles. The number of aromatic nitrogens is 2. The van der Waals surface area contributed by atoms with Crippen LogP contribution in [0.4, 0.5) is 4.79 Å². The van der Waals surface area contributed by atoms with Crippen LogP contribution in [0.5, 0.6) is 5.75 Å². The van der Waals surface area contributed by atoms with Gasteiger partial charge >= 0.3 is 6.03 Å². The number of amides is 4. The van der Waals surface area contributed by atoms with Gasteiger partial charge in [0, 0.05) is 42.0 Å². The number of allylic oxidation sites excluding steroid dienone is 1. The number of rotatable bonds is 13. The van der Waals surface area contributed by atoms with Crippen molar-refractivity contribution in [1.82, 2.24) is 30.2 Å². The normalized spacial score (nSPS) is 18.7. The number of nitrogens with zero attached hydrogens (tertiary/aromatic N) is 2. The number of likely N-dealkylation sites (tertiary alicyclic amines) is 1. The van der Waals surface area contributed by atoms with Crippen molar-refractivity contribution >= 4 is 50.6 Å². The summed E-state index contributed by atoms with van der Waals surface area (Å²) in [5.74, 6) is 1.50. The molecule has 0 radical (unpaired) electrons. The lowest BCUT2D eigenvalue weighted by atomic mass is 10.1. The van der Waals surface area contributed by atoms with Gasteiger partial charge in [-0.1, -0.05) is 26.8 Å². The predicted molar refractivity (Wildman–Crippen MR) is 205 cm³/mol. The van der Waals surface area contributed by atoms with E-state index in [4.69, 9.17) is 4.74 Å². The molecule has 4 amide bonds. The number of sulfonamides is 1. The summed E-state index contributed by atoms with van der Waals surface area (Å²) in [5, 5.41) is 9.47. The van der Waals surface area contributed by atoms with E-state index in [1.165, 1.54) is 0 Å². The number of hydrogen-bond donors (Lipinski definition) is 4. The van der Waals surface area contributed by atoms with Crippen LogP contribution in [-0.2, 0) is 19.6 Å². The average Bonchev–Trinajstić information content (AvgIpc) is 3.98. The molecule has 2 aromatic heterocycles. The number of thiazole rings is 1. The van der Waals surface area contributed by atoms with Crippen molar-refractivity contribution in [2.45, 2.75) is 102 Å². The summed E-state index contributed by atoms with van der Waals surface area (Å²) in [5.41, 5.74) is 2.54. The van der Waals surface area contributed by atoms with Gasteiger partial charge in [0.15, 0.2) is 5.43 Å². The summed E-state index contributed by atoms with van der Waals surface area (Å²) in [6.45, 7) is 12.9. The third kappa shape index (κ3) is 10.9. The zero-order valence-corrected chi connectivity index (χ0v) is 32.3. The van der Waals surface area contributed by atoms with Crippen LogP contribution in [0, 0.1) is 5.92 Å². The molecular formula is C37H52N6O7S2. The molecule has 4 N–H and O–H groups in total. The van der Waals surface area contributed by atoms with Crippen molar-refractivity contribution in [2.75, 3.05) is 20.2 Å². The van der Waals surface area contributed by atoms with E-state index in [1.807, 2.05) is 22.2 Å². The van der Waals surface area contributed by atoms with Gasteiger partial charge in [-0.25, -0.2) is 18.2 Å². The number of carbonyl (C=O) groups excluding carboxylic acids is 3. The Morgan fingerprint density at radius 2 is 1.94 bits per heavy atom. The minimum Gasteiger partial charge on any atom is -0.497 e. The quantitative estimate of drug-likeness (QED) is 0.101. The fourth-order valence-corrected chi connectivity index (χ4v) is 7.56. The number of aromatic amines is 1. The maximum atomic E-state index is 12.3. The van der Waals surface area contributed by atoms with E-state index >= 15 is 0 Å². The summed E-state index contributed by atoms with van der Waals surface area (Å²) in [6, 6.07) is 6.95. The number of fused-ring (bicyclic) bond motifs is 1. The highest BCUT2D eigenvalue weighted by molar-refractivity contribution is 7.91. The van der Waals surface area contributed by atoms with Crippen molar-refractivity contribution in [3.05, 3.63) is 58.2 Å². The summed E-state index contributed by atoms with van der Waals surface area (Å²) >= 11 is 1.55. The fourth-order valence-electron chi connectivity index (χ4n) is 5.55. The fraction of sp³-hybridized carbons (Fsp3) is 0.541. The molecule has 284 valence electrons. The Bertz CT molecular complexity index is 1880. The molecule has 3 aromatic rings. The molecule has 3 heterocycles. The van der Waals surface area contributed by atoms with Crippen LogP contribution in [0.2, 0.25) is 0 Å². The van der Waals surface area contributed by atoms with E-state index < -0.39 is 14.8 Å². The number of pyridine rings is 1. The van der Waals surface area contributed by atoms with Crippen LogP contribution in [-0.4, -0.2) is 78.7 Å². The third-order valence-electron chi connectivity index (χ3n) is 9.30. The highest BCUT2D eigenvalue weighted by atomic mass is 32.2. The Hall–Kier alpha value is -4.24. The first-order valence-electron chi connectivity index (χ1n) is 17.8. The Morgan fingerprint density at radius 3 is 2.54 bits per heavy atom. The third-order valence-corrected chi connectivity index (χ3v) is 12.3. The van der Waals surface area contributed by atoms with Crippen molar-refractivity contribution in [3.8, 4) is 16.5 Å². The summed E-state index contributed by atoms with van der Waals surface area (Å²) in [7, 11) is -1.74. The van der Waals surface area contributed by atoms with Crippen LogP contribution in [0.25, 0.3) is 21.6 Å². The van der Waals surface area contributed by atoms with E-state index in [9.17, 15) is 27.6 Å². The number of methoxy groups -OCH3 is 1. The van der Waals surface area contributed by atoms with Gasteiger partial charge in [-0.2, -0.15) is 0 Å². The number of H-pyrrole nitrogens is 1. The van der Waals surface area contributed by atoms with Gasteiger partial charge in [-0.05, 0) is 82.3 Å². The van der Waals surface area contributed by atoms with Gasteiger partial charge in [-0.15, -0.1) is 17.9 Å². The van der Waals surface area contributed by atoms with Gasteiger partial charge in [0.1, 0.15) is 16.8 Å². The zero-order valence-electron chi connectivity index (χ0n) is 30.7. The summed E-state index contributed by atoms with van der Waals surface area (Å²) < 4.78 is 28.3. The number of carbonyl (C=O) groups is 3. The molecule has 2 aliphatic carbocycles. The highest BCUT2D eigenvalue weighted by Crippen LogP contribution is 2.41. The van der Waals surface area contributed by atoms with Crippen LogP contribution in [0.3, 0.4) is 0 Å². The summed E-state index contributed by atoms with van der Waals surface area (Å²) in [4.78, 5) is 56.1. The van der Waals surface area contributed by atoms with Gasteiger partial charge in [0.25, 0.3) is 0 Å². The van der Waals surface area contributed by atoms with Crippen molar-refractivity contribution in [2.24, 2.45) is 5.92 Å². The highest BCUT2D eigenvalue weighted by Gasteiger charge is 2.50. The van der Waals surface area contributed by atoms with E-state index in [0.29, 0.717) is 49.2 Å². The number of hydrogen-bond acceptors (Lipinski definition) is 9. The molecular weight excluding hydrogens is 705 g/mol.